The number of amides is 4. The number of carbonyl (C=O) groups is 4. The molecule has 0 saturated carbocycles. The highest BCUT2D eigenvalue weighted by molar-refractivity contribution is 6.08. The van der Waals surface area contributed by atoms with Crippen LogP contribution in [0.1, 0.15) is 102 Å². The third kappa shape index (κ3) is 13.0. The number of aliphatic imine (C=N–C) groups is 1. The van der Waals surface area contributed by atoms with Crippen molar-refractivity contribution in [1.82, 2.24) is 25.8 Å². The zero-order valence-electron chi connectivity index (χ0n) is 38.0. The van der Waals surface area contributed by atoms with Crippen molar-refractivity contribution < 1.29 is 38.1 Å². The molecular weight excluding hydrogens is 855 g/mol. The number of imide groups is 1. The Balaban J connectivity index is 0.751. The maximum Gasteiger partial charge on any atom is 0.255 e. The van der Waals surface area contributed by atoms with Gasteiger partial charge in [-0.2, -0.15) is 0 Å². The fraction of sp³-hybridized carbons (Fsp3) is 0.420. The van der Waals surface area contributed by atoms with Gasteiger partial charge in [-0.15, -0.1) is 0 Å². The first-order valence-electron chi connectivity index (χ1n) is 23.1. The lowest BCUT2D eigenvalue weighted by atomic mass is 9.86. The van der Waals surface area contributed by atoms with Crippen LogP contribution in [0.25, 0.3) is 0 Å². The first kappa shape index (κ1) is 48.2. The molecule has 0 radical (unpaired) electrons. The first-order valence-corrected chi connectivity index (χ1v) is 23.1. The molecule has 2 saturated heterocycles. The van der Waals surface area contributed by atoms with E-state index in [4.69, 9.17) is 30.1 Å². The molecule has 7 N–H and O–H groups in total. The van der Waals surface area contributed by atoms with Crippen molar-refractivity contribution in [2.45, 2.75) is 82.5 Å². The molecule has 7 rings (SSSR count). The van der Waals surface area contributed by atoms with Gasteiger partial charge in [0.1, 0.15) is 30.0 Å². The molecule has 3 aliphatic rings. The molecule has 1 unspecified atom stereocenters. The van der Waals surface area contributed by atoms with E-state index in [1.807, 2.05) is 55.5 Å². The number of nitrogens with two attached hydrogens (primary N) is 1. The molecular formula is C50H61N9O8. The number of anilines is 1. The lowest BCUT2D eigenvalue weighted by Crippen LogP contribution is -2.56. The van der Waals surface area contributed by atoms with Gasteiger partial charge in [0.05, 0.1) is 31.3 Å². The molecule has 67 heavy (non-hydrogen) atoms. The Morgan fingerprint density at radius 2 is 1.63 bits per heavy atom. The summed E-state index contributed by atoms with van der Waals surface area (Å²) in [6, 6.07) is 22.9. The summed E-state index contributed by atoms with van der Waals surface area (Å²) in [6.45, 7) is 6.71. The van der Waals surface area contributed by atoms with E-state index in [9.17, 15) is 19.2 Å². The molecule has 17 nitrogen and oxygen atoms in total. The second-order valence-electron chi connectivity index (χ2n) is 16.9. The highest BCUT2D eigenvalue weighted by Crippen LogP contribution is 2.34. The summed E-state index contributed by atoms with van der Waals surface area (Å²) in [5, 5.41) is 20.9. The van der Waals surface area contributed by atoms with Crippen LogP contribution in [0.15, 0.2) is 96.2 Å². The number of amidine groups is 2. The highest BCUT2D eigenvalue weighted by Gasteiger charge is 2.40. The Hall–Kier alpha value is -6.69. The monoisotopic (exact) mass is 915 g/mol. The van der Waals surface area contributed by atoms with Gasteiger partial charge in [0.25, 0.3) is 11.8 Å². The SMILES string of the molecule is C[C@@H](NC(=O)c1cccc(NC2(C(N)=NC(=N)c3ccncc3)CCNCC2)c1)c1cccc(OCCCCCOCCCOCCOc2cccc3c2CN(C2CCC(=O)NC2=O)C3=O)c1. The van der Waals surface area contributed by atoms with Crippen LogP contribution in [0, 0.1) is 5.41 Å². The molecule has 2 atom stereocenters. The zero-order valence-corrected chi connectivity index (χ0v) is 38.0. The van der Waals surface area contributed by atoms with Gasteiger partial charge in [0.15, 0.2) is 5.84 Å². The van der Waals surface area contributed by atoms with E-state index < -0.39 is 17.5 Å². The van der Waals surface area contributed by atoms with E-state index in [0.29, 0.717) is 87.2 Å². The summed E-state index contributed by atoms with van der Waals surface area (Å²) in [6.07, 6.45) is 8.59. The summed E-state index contributed by atoms with van der Waals surface area (Å²) in [5.41, 5.74) is 9.98. The molecule has 4 heterocycles. The lowest BCUT2D eigenvalue weighted by molar-refractivity contribution is -0.136. The molecule has 0 spiro atoms. The van der Waals surface area contributed by atoms with E-state index in [1.54, 1.807) is 42.7 Å². The number of hydrogen-bond acceptors (Lipinski definition) is 12. The Kier molecular flexibility index (Phi) is 17.0. The second kappa shape index (κ2) is 23.7. The van der Waals surface area contributed by atoms with Crippen LogP contribution >= 0.6 is 0 Å². The van der Waals surface area contributed by atoms with Crippen molar-refractivity contribution >= 4 is 41.0 Å². The fourth-order valence-corrected chi connectivity index (χ4v) is 8.40. The van der Waals surface area contributed by atoms with Gasteiger partial charge in [0, 0.05) is 66.6 Å². The molecule has 3 aromatic carbocycles. The number of aromatic nitrogens is 1. The minimum Gasteiger partial charge on any atom is -0.494 e. The van der Waals surface area contributed by atoms with Crippen LogP contribution in [-0.4, -0.2) is 109 Å². The van der Waals surface area contributed by atoms with Gasteiger partial charge in [-0.1, -0.05) is 24.3 Å². The number of unbranched alkanes of at least 4 members (excludes halogenated alkanes) is 2. The number of piperidine rings is 2. The average Bonchev–Trinajstić information content (AvgIpc) is 3.68. The number of fused-ring (bicyclic) bond motifs is 1. The van der Waals surface area contributed by atoms with Crippen molar-refractivity contribution in [2.75, 3.05) is 58.0 Å². The van der Waals surface area contributed by atoms with Crippen molar-refractivity contribution in [2.24, 2.45) is 10.7 Å². The molecule has 4 aromatic rings. The zero-order chi connectivity index (χ0) is 47.0. The van der Waals surface area contributed by atoms with Gasteiger partial charge in [-0.05, 0) is 125 Å². The number of carbonyl (C=O) groups excluding carboxylic acids is 4. The second-order valence-corrected chi connectivity index (χ2v) is 16.9. The lowest BCUT2D eigenvalue weighted by Gasteiger charge is -2.38. The normalized spacial score (nSPS) is 17.3. The van der Waals surface area contributed by atoms with E-state index in [2.05, 4.69) is 31.2 Å². The van der Waals surface area contributed by atoms with Crippen LogP contribution in [-0.2, 0) is 25.6 Å². The maximum absolute atomic E-state index is 13.5. The summed E-state index contributed by atoms with van der Waals surface area (Å²) in [5.74, 6) is 0.527. The van der Waals surface area contributed by atoms with Gasteiger partial charge in [-0.25, -0.2) is 4.99 Å². The van der Waals surface area contributed by atoms with Crippen molar-refractivity contribution in [3.05, 3.63) is 119 Å². The third-order valence-corrected chi connectivity index (χ3v) is 12.2. The van der Waals surface area contributed by atoms with E-state index in [1.165, 1.54) is 4.90 Å². The molecule has 2 fully saturated rings. The fourth-order valence-electron chi connectivity index (χ4n) is 8.40. The number of ether oxygens (including phenoxy) is 4. The largest absolute Gasteiger partial charge is 0.494 e. The van der Waals surface area contributed by atoms with Crippen LogP contribution in [0.2, 0.25) is 0 Å². The molecule has 17 heteroatoms. The average molecular weight is 916 g/mol. The number of nitrogens with zero attached hydrogens (tertiary/aromatic N) is 3. The summed E-state index contributed by atoms with van der Waals surface area (Å²) < 4.78 is 23.6. The Morgan fingerprint density at radius 1 is 0.881 bits per heavy atom. The minimum absolute atomic E-state index is 0.0641. The Labute approximate surface area is 391 Å². The van der Waals surface area contributed by atoms with Crippen LogP contribution in [0.5, 0.6) is 11.5 Å². The van der Waals surface area contributed by atoms with Crippen molar-refractivity contribution in [1.29, 1.82) is 5.41 Å². The van der Waals surface area contributed by atoms with Crippen molar-refractivity contribution in [3.63, 3.8) is 0 Å². The standard InChI is InChI=1S/C50H61N9O8/c1-34(55-46(61)37-10-5-11-38(31-37)58-50(19-23-54-24-20-50)49(52)57-45(51)35-17-21-53-22-18-35)36-9-6-12-39(32-36)66-28-4-2-3-25-64-26-8-27-65-29-30-67-43-14-7-13-40-41(43)33-59(48(40)63)42-15-16-44(60)56-47(42)62/h5-7,9-14,17-18,21-22,31-32,34,42,54,58H,2-4,8,15-16,19-20,23-30,33H2,1H3,(H,55,61)(H3,51,52,57)(H,56,60,62)/t34-,42?/m1/s1. The third-order valence-electron chi connectivity index (χ3n) is 12.2. The first-order chi connectivity index (χ1) is 32.6. The summed E-state index contributed by atoms with van der Waals surface area (Å²) in [7, 11) is 0. The van der Waals surface area contributed by atoms with E-state index in [-0.39, 0.29) is 42.6 Å². The van der Waals surface area contributed by atoms with Crippen molar-refractivity contribution in [3.8, 4) is 11.5 Å². The molecule has 0 aliphatic carbocycles. The summed E-state index contributed by atoms with van der Waals surface area (Å²) in [4.78, 5) is 60.5. The molecule has 1 aromatic heterocycles. The number of pyridine rings is 1. The van der Waals surface area contributed by atoms with Crippen LogP contribution < -0.4 is 36.5 Å². The number of rotatable bonds is 23. The molecule has 3 aliphatic heterocycles. The molecule has 4 amide bonds. The van der Waals surface area contributed by atoms with Crippen LogP contribution in [0.3, 0.4) is 0 Å². The molecule has 354 valence electrons. The van der Waals surface area contributed by atoms with Gasteiger partial charge >= 0.3 is 0 Å². The van der Waals surface area contributed by atoms with E-state index in [0.717, 1.165) is 61.3 Å². The predicted octanol–water partition coefficient (Wildman–Crippen LogP) is 5.30. The topological polar surface area (TPSA) is 232 Å². The minimum atomic E-state index is -0.690. The number of benzene rings is 3. The Bertz CT molecular complexity index is 2390. The Morgan fingerprint density at radius 3 is 2.43 bits per heavy atom. The highest BCUT2D eigenvalue weighted by atomic mass is 16.5. The molecule has 0 bridgehead atoms. The predicted molar refractivity (Wildman–Crippen MR) is 253 cm³/mol. The smallest absolute Gasteiger partial charge is 0.255 e. The summed E-state index contributed by atoms with van der Waals surface area (Å²) >= 11 is 0. The van der Waals surface area contributed by atoms with Gasteiger partial charge in [-0.3, -0.25) is 34.9 Å². The van der Waals surface area contributed by atoms with E-state index >= 15 is 0 Å². The maximum atomic E-state index is 13.5. The number of nitrogens with one attached hydrogen (secondary N) is 5. The van der Waals surface area contributed by atoms with Gasteiger partial charge in [0.2, 0.25) is 11.8 Å². The number of hydrogen-bond donors (Lipinski definition) is 6. The quantitative estimate of drug-likeness (QED) is 0.0241. The van der Waals surface area contributed by atoms with Crippen LogP contribution in [0.4, 0.5) is 5.69 Å². The van der Waals surface area contributed by atoms with Gasteiger partial charge < -0.3 is 45.5 Å².